The van der Waals surface area contributed by atoms with Crippen LogP contribution in [0.5, 0.6) is 0 Å². The Morgan fingerprint density at radius 3 is 2.13 bits per heavy atom. The van der Waals surface area contributed by atoms with Crippen LogP contribution in [0.15, 0.2) is 4.99 Å². The molecule has 0 radical (unpaired) electrons. The minimum absolute atomic E-state index is 0.984. The summed E-state index contributed by atoms with van der Waals surface area (Å²) in [5, 5.41) is 0. The molecule has 0 rings (SSSR count). The fraction of sp³-hybridized carbons (Fsp3) is 0.929. The number of nitrogens with zero attached hydrogens (tertiary/aromatic N) is 1. The molecule has 0 amide bonds. The van der Waals surface area contributed by atoms with Crippen molar-refractivity contribution in [2.45, 2.75) is 71.6 Å². The van der Waals surface area contributed by atoms with Crippen molar-refractivity contribution in [3.8, 4) is 0 Å². The van der Waals surface area contributed by atoms with Crippen molar-refractivity contribution in [2.75, 3.05) is 7.05 Å². The zero-order valence-corrected chi connectivity index (χ0v) is 11.0. The Morgan fingerprint density at radius 2 is 1.53 bits per heavy atom. The van der Waals surface area contributed by atoms with Gasteiger partial charge in [0.05, 0.1) is 0 Å². The molecule has 1 heteroatoms. The maximum absolute atomic E-state index is 3.99. The fourth-order valence-corrected chi connectivity index (χ4v) is 2.02. The quantitative estimate of drug-likeness (QED) is 0.362. The second-order valence-electron chi connectivity index (χ2n) is 4.47. The van der Waals surface area contributed by atoms with Crippen molar-refractivity contribution < 1.29 is 0 Å². The lowest BCUT2D eigenvalue weighted by atomic mass is 9.96. The first-order valence-electron chi connectivity index (χ1n) is 6.75. The predicted octanol–water partition coefficient (Wildman–Crippen LogP) is 4.85. The van der Waals surface area contributed by atoms with E-state index in [1.165, 1.54) is 57.8 Å². The molecule has 0 bridgehead atoms. The van der Waals surface area contributed by atoms with Crippen LogP contribution < -0.4 is 0 Å². The molecule has 0 saturated carbocycles. The SMILES string of the molecule is CCC(CC)CCCCCCCC=NC. The normalized spacial score (nSPS) is 11.7. The summed E-state index contributed by atoms with van der Waals surface area (Å²) < 4.78 is 0. The lowest BCUT2D eigenvalue weighted by Crippen LogP contribution is -1.96. The Morgan fingerprint density at radius 1 is 0.933 bits per heavy atom. The molecule has 0 aromatic heterocycles. The van der Waals surface area contributed by atoms with Crippen molar-refractivity contribution in [2.24, 2.45) is 10.9 Å². The molecule has 0 heterocycles. The molecule has 0 saturated heterocycles. The van der Waals surface area contributed by atoms with E-state index in [1.807, 2.05) is 13.3 Å². The highest BCUT2D eigenvalue weighted by Crippen LogP contribution is 2.17. The molecule has 1 nitrogen and oxygen atoms in total. The van der Waals surface area contributed by atoms with Gasteiger partial charge in [-0.3, -0.25) is 0 Å². The van der Waals surface area contributed by atoms with Crippen LogP contribution in [0.4, 0.5) is 0 Å². The van der Waals surface area contributed by atoms with Crippen molar-refractivity contribution in [3.05, 3.63) is 0 Å². The monoisotopic (exact) mass is 211 g/mol. The van der Waals surface area contributed by atoms with Crippen LogP contribution in [0.3, 0.4) is 0 Å². The third-order valence-corrected chi connectivity index (χ3v) is 3.28. The smallest absolute Gasteiger partial charge is 0.0273 e. The van der Waals surface area contributed by atoms with E-state index in [0.717, 1.165) is 5.92 Å². The van der Waals surface area contributed by atoms with Gasteiger partial charge in [0.15, 0.2) is 0 Å². The van der Waals surface area contributed by atoms with E-state index in [9.17, 15) is 0 Å². The summed E-state index contributed by atoms with van der Waals surface area (Å²) >= 11 is 0. The van der Waals surface area contributed by atoms with Crippen molar-refractivity contribution in [1.29, 1.82) is 0 Å². The molecule has 0 aromatic rings. The molecule has 0 spiro atoms. The standard InChI is InChI=1S/C14H29N/c1-4-14(5-2)12-10-8-6-7-9-11-13-15-3/h13-14H,4-12H2,1-3H3. The number of hydrogen-bond donors (Lipinski definition) is 0. The van der Waals surface area contributed by atoms with Crippen LogP contribution in [0, 0.1) is 5.92 Å². The van der Waals surface area contributed by atoms with Gasteiger partial charge in [-0.15, -0.1) is 0 Å². The van der Waals surface area contributed by atoms with Crippen molar-refractivity contribution in [1.82, 2.24) is 0 Å². The summed E-state index contributed by atoms with van der Waals surface area (Å²) in [6, 6.07) is 0. The predicted molar refractivity (Wildman–Crippen MR) is 70.8 cm³/mol. The van der Waals surface area contributed by atoms with E-state index in [1.54, 1.807) is 0 Å². The van der Waals surface area contributed by atoms with Gasteiger partial charge >= 0.3 is 0 Å². The van der Waals surface area contributed by atoms with Crippen LogP contribution in [-0.4, -0.2) is 13.3 Å². The number of rotatable bonds is 10. The molecule has 0 aliphatic heterocycles. The Bertz CT molecular complexity index is 136. The van der Waals surface area contributed by atoms with Gasteiger partial charge in [-0.25, -0.2) is 0 Å². The zero-order chi connectivity index (χ0) is 11.4. The van der Waals surface area contributed by atoms with Gasteiger partial charge in [0.1, 0.15) is 0 Å². The Hall–Kier alpha value is -0.330. The molecule has 15 heavy (non-hydrogen) atoms. The molecule has 0 aromatic carbocycles. The number of unbranched alkanes of at least 4 members (excludes halogenated alkanes) is 5. The van der Waals surface area contributed by atoms with Crippen LogP contribution in [0.25, 0.3) is 0 Å². The third kappa shape index (κ3) is 9.96. The first-order valence-corrected chi connectivity index (χ1v) is 6.75. The van der Waals surface area contributed by atoms with E-state index in [4.69, 9.17) is 0 Å². The maximum Gasteiger partial charge on any atom is 0.0273 e. The Labute approximate surface area is 96.4 Å². The van der Waals surface area contributed by atoms with Gasteiger partial charge in [0.2, 0.25) is 0 Å². The highest BCUT2D eigenvalue weighted by molar-refractivity contribution is 5.56. The maximum atomic E-state index is 3.99. The van der Waals surface area contributed by atoms with Crippen LogP contribution >= 0.6 is 0 Å². The van der Waals surface area contributed by atoms with E-state index < -0.39 is 0 Å². The lowest BCUT2D eigenvalue weighted by Gasteiger charge is -2.11. The third-order valence-electron chi connectivity index (χ3n) is 3.28. The van der Waals surface area contributed by atoms with Crippen molar-refractivity contribution >= 4 is 6.21 Å². The molecule has 0 unspecified atom stereocenters. The average Bonchev–Trinajstić information content (AvgIpc) is 2.27. The van der Waals surface area contributed by atoms with Gasteiger partial charge in [-0.2, -0.15) is 0 Å². The Balaban J connectivity index is 3.10. The summed E-state index contributed by atoms with van der Waals surface area (Å²) in [4.78, 5) is 3.99. The molecule has 0 aliphatic carbocycles. The molecular formula is C14H29N. The van der Waals surface area contributed by atoms with E-state index in [-0.39, 0.29) is 0 Å². The van der Waals surface area contributed by atoms with E-state index in [2.05, 4.69) is 18.8 Å². The molecular weight excluding hydrogens is 182 g/mol. The largest absolute Gasteiger partial charge is 0.301 e. The second-order valence-corrected chi connectivity index (χ2v) is 4.47. The topological polar surface area (TPSA) is 12.4 Å². The van der Waals surface area contributed by atoms with Crippen molar-refractivity contribution in [3.63, 3.8) is 0 Å². The molecule has 0 fully saturated rings. The molecule has 90 valence electrons. The first kappa shape index (κ1) is 14.7. The molecule has 0 N–H and O–H groups in total. The first-order chi connectivity index (χ1) is 7.35. The summed E-state index contributed by atoms with van der Waals surface area (Å²) in [7, 11) is 1.86. The summed E-state index contributed by atoms with van der Waals surface area (Å²) in [6.45, 7) is 4.64. The minimum Gasteiger partial charge on any atom is -0.301 e. The lowest BCUT2D eigenvalue weighted by molar-refractivity contribution is 0.427. The van der Waals surface area contributed by atoms with Gasteiger partial charge in [0.25, 0.3) is 0 Å². The second kappa shape index (κ2) is 11.7. The highest BCUT2D eigenvalue weighted by Gasteiger charge is 2.01. The minimum atomic E-state index is 0.984. The van der Waals surface area contributed by atoms with Crippen LogP contribution in [0.2, 0.25) is 0 Å². The average molecular weight is 211 g/mol. The summed E-state index contributed by atoms with van der Waals surface area (Å²) in [6.07, 6.45) is 14.4. The van der Waals surface area contributed by atoms with Gasteiger partial charge in [0, 0.05) is 7.05 Å². The molecule has 0 atom stereocenters. The fourth-order valence-electron chi connectivity index (χ4n) is 2.02. The summed E-state index contributed by atoms with van der Waals surface area (Å²) in [5.74, 6) is 0.984. The Kier molecular flexibility index (Phi) is 11.5. The number of hydrogen-bond acceptors (Lipinski definition) is 1. The van der Waals surface area contributed by atoms with E-state index >= 15 is 0 Å². The van der Waals surface area contributed by atoms with Gasteiger partial charge in [-0.05, 0) is 25.0 Å². The van der Waals surface area contributed by atoms with Gasteiger partial charge in [-0.1, -0.05) is 58.8 Å². The van der Waals surface area contributed by atoms with E-state index in [0.29, 0.717) is 0 Å². The summed E-state index contributed by atoms with van der Waals surface area (Å²) in [5.41, 5.74) is 0. The number of aliphatic imine (C=N–C) groups is 1. The van der Waals surface area contributed by atoms with Crippen LogP contribution in [-0.2, 0) is 0 Å². The van der Waals surface area contributed by atoms with Gasteiger partial charge < -0.3 is 4.99 Å². The van der Waals surface area contributed by atoms with Crippen LogP contribution in [0.1, 0.15) is 71.6 Å². The highest BCUT2D eigenvalue weighted by atomic mass is 14.6. The zero-order valence-electron chi connectivity index (χ0n) is 11.0. The molecule has 0 aliphatic rings.